The lowest BCUT2D eigenvalue weighted by atomic mass is 10.00. The number of fused-ring (bicyclic) bond motifs is 1. The van der Waals surface area contributed by atoms with Gasteiger partial charge in [0.15, 0.2) is 0 Å². The Bertz CT molecular complexity index is 414. The fourth-order valence-corrected chi connectivity index (χ4v) is 3.30. The van der Waals surface area contributed by atoms with Crippen molar-refractivity contribution < 1.29 is 0 Å². The van der Waals surface area contributed by atoms with Gasteiger partial charge in [0.1, 0.15) is 0 Å². The van der Waals surface area contributed by atoms with Gasteiger partial charge in [0.05, 0.1) is 0 Å². The number of nitrogens with zero attached hydrogens (tertiary/aromatic N) is 1. The molecule has 0 bridgehead atoms. The maximum absolute atomic E-state index is 3.50. The van der Waals surface area contributed by atoms with E-state index in [0.29, 0.717) is 6.04 Å². The van der Waals surface area contributed by atoms with Crippen molar-refractivity contribution >= 4 is 0 Å². The Hall–Kier alpha value is -0.860. The molecule has 1 heterocycles. The fraction of sp³-hybridized carbons (Fsp3) is 0.625. The van der Waals surface area contributed by atoms with Gasteiger partial charge in [-0.15, -0.1) is 0 Å². The number of aryl methyl sites for hydroxylation is 3. The van der Waals surface area contributed by atoms with Crippen LogP contribution in [-0.2, 0) is 19.3 Å². The van der Waals surface area contributed by atoms with Gasteiger partial charge in [-0.2, -0.15) is 0 Å². The standard InChI is InChI=1S/C16H24N2/c1-18-10-9-17-12-16(18)8-6-13-5-7-14-3-2-4-15(14)11-13/h5,7,11,16-17H,2-4,6,8-10,12H2,1H3. The van der Waals surface area contributed by atoms with E-state index in [1.165, 1.54) is 44.2 Å². The molecule has 1 aromatic carbocycles. The van der Waals surface area contributed by atoms with Crippen LogP contribution in [0.25, 0.3) is 0 Å². The molecule has 0 radical (unpaired) electrons. The predicted molar refractivity (Wildman–Crippen MR) is 76.1 cm³/mol. The minimum absolute atomic E-state index is 0.715. The van der Waals surface area contributed by atoms with E-state index in [1.807, 2.05) is 0 Å². The molecule has 0 aromatic heterocycles. The number of benzene rings is 1. The third-order valence-corrected chi connectivity index (χ3v) is 4.57. The number of nitrogens with one attached hydrogen (secondary N) is 1. The fourth-order valence-electron chi connectivity index (χ4n) is 3.30. The van der Waals surface area contributed by atoms with E-state index in [9.17, 15) is 0 Å². The lowest BCUT2D eigenvalue weighted by Crippen LogP contribution is -2.49. The second kappa shape index (κ2) is 5.41. The van der Waals surface area contributed by atoms with Crippen LogP contribution in [0.15, 0.2) is 18.2 Å². The van der Waals surface area contributed by atoms with Crippen molar-refractivity contribution in [1.82, 2.24) is 10.2 Å². The van der Waals surface area contributed by atoms with Crippen LogP contribution in [0, 0.1) is 0 Å². The summed E-state index contributed by atoms with van der Waals surface area (Å²) in [5.41, 5.74) is 4.74. The quantitative estimate of drug-likeness (QED) is 0.875. The zero-order valence-corrected chi connectivity index (χ0v) is 11.4. The number of hydrogen-bond acceptors (Lipinski definition) is 2. The zero-order valence-electron chi connectivity index (χ0n) is 11.4. The van der Waals surface area contributed by atoms with Crippen LogP contribution in [-0.4, -0.2) is 37.6 Å². The molecule has 1 atom stereocenters. The highest BCUT2D eigenvalue weighted by molar-refractivity contribution is 5.35. The van der Waals surface area contributed by atoms with E-state index in [1.54, 1.807) is 11.1 Å². The third-order valence-electron chi connectivity index (χ3n) is 4.57. The summed E-state index contributed by atoms with van der Waals surface area (Å²) in [6.07, 6.45) is 6.46. The van der Waals surface area contributed by atoms with Crippen LogP contribution in [0.3, 0.4) is 0 Å². The van der Waals surface area contributed by atoms with Crippen LogP contribution in [0.1, 0.15) is 29.5 Å². The molecule has 2 nitrogen and oxygen atoms in total. The van der Waals surface area contributed by atoms with Gasteiger partial charge < -0.3 is 10.2 Å². The molecular formula is C16H24N2. The molecule has 1 aliphatic carbocycles. The van der Waals surface area contributed by atoms with Crippen LogP contribution < -0.4 is 5.32 Å². The molecule has 18 heavy (non-hydrogen) atoms. The van der Waals surface area contributed by atoms with Gasteiger partial charge in [0.2, 0.25) is 0 Å². The molecule has 1 N–H and O–H groups in total. The van der Waals surface area contributed by atoms with Crippen molar-refractivity contribution in [3.8, 4) is 0 Å². The molecule has 0 amide bonds. The third kappa shape index (κ3) is 2.60. The summed E-state index contributed by atoms with van der Waals surface area (Å²) in [6.45, 7) is 3.49. The van der Waals surface area contributed by atoms with Gasteiger partial charge in [0, 0.05) is 25.7 Å². The lowest BCUT2D eigenvalue weighted by Gasteiger charge is -2.33. The predicted octanol–water partition coefficient (Wildman–Crippen LogP) is 2.01. The Morgan fingerprint density at radius 3 is 3.06 bits per heavy atom. The van der Waals surface area contributed by atoms with Crippen molar-refractivity contribution in [2.75, 3.05) is 26.7 Å². The molecule has 1 unspecified atom stereocenters. The van der Waals surface area contributed by atoms with Crippen LogP contribution in [0.4, 0.5) is 0 Å². The minimum Gasteiger partial charge on any atom is -0.314 e. The summed E-state index contributed by atoms with van der Waals surface area (Å²) in [5, 5.41) is 3.50. The molecule has 0 spiro atoms. The molecule has 98 valence electrons. The largest absolute Gasteiger partial charge is 0.314 e. The van der Waals surface area contributed by atoms with Crippen LogP contribution in [0.2, 0.25) is 0 Å². The normalized spacial score (nSPS) is 24.2. The first-order valence-electron chi connectivity index (χ1n) is 7.34. The Labute approximate surface area is 110 Å². The highest BCUT2D eigenvalue weighted by Crippen LogP contribution is 2.23. The van der Waals surface area contributed by atoms with E-state index < -0.39 is 0 Å². The number of piperazine rings is 1. The first-order valence-corrected chi connectivity index (χ1v) is 7.34. The highest BCUT2D eigenvalue weighted by Gasteiger charge is 2.18. The van der Waals surface area contributed by atoms with Crippen LogP contribution >= 0.6 is 0 Å². The Morgan fingerprint density at radius 1 is 1.28 bits per heavy atom. The molecule has 1 saturated heterocycles. The smallest absolute Gasteiger partial charge is 0.0221 e. The number of rotatable bonds is 3. The van der Waals surface area contributed by atoms with Crippen molar-refractivity contribution in [2.24, 2.45) is 0 Å². The molecule has 3 rings (SSSR count). The Kier molecular flexibility index (Phi) is 3.67. The molecule has 2 heteroatoms. The topological polar surface area (TPSA) is 15.3 Å². The van der Waals surface area contributed by atoms with Crippen molar-refractivity contribution in [1.29, 1.82) is 0 Å². The Balaban J connectivity index is 1.59. The summed E-state index contributed by atoms with van der Waals surface area (Å²) in [7, 11) is 2.26. The van der Waals surface area contributed by atoms with Gasteiger partial charge in [-0.05, 0) is 55.8 Å². The molecular weight excluding hydrogens is 220 g/mol. The average molecular weight is 244 g/mol. The monoisotopic (exact) mass is 244 g/mol. The molecule has 1 aromatic rings. The number of likely N-dealkylation sites (N-methyl/N-ethyl adjacent to an activating group) is 1. The van der Waals surface area contributed by atoms with Crippen molar-refractivity contribution in [2.45, 2.75) is 38.1 Å². The molecule has 1 fully saturated rings. The van der Waals surface area contributed by atoms with E-state index in [4.69, 9.17) is 0 Å². The zero-order chi connectivity index (χ0) is 12.4. The second-order valence-electron chi connectivity index (χ2n) is 5.83. The Morgan fingerprint density at radius 2 is 2.17 bits per heavy atom. The van der Waals surface area contributed by atoms with E-state index in [2.05, 4.69) is 35.5 Å². The summed E-state index contributed by atoms with van der Waals surface area (Å²) >= 11 is 0. The molecule has 2 aliphatic rings. The summed E-state index contributed by atoms with van der Waals surface area (Å²) in [5.74, 6) is 0. The van der Waals surface area contributed by atoms with Gasteiger partial charge in [-0.25, -0.2) is 0 Å². The van der Waals surface area contributed by atoms with E-state index in [0.717, 1.165) is 13.1 Å². The number of hydrogen-bond donors (Lipinski definition) is 1. The molecule has 0 saturated carbocycles. The first kappa shape index (κ1) is 12.2. The summed E-state index contributed by atoms with van der Waals surface area (Å²) in [6, 6.07) is 7.88. The maximum atomic E-state index is 3.50. The summed E-state index contributed by atoms with van der Waals surface area (Å²) in [4.78, 5) is 2.50. The lowest BCUT2D eigenvalue weighted by molar-refractivity contribution is 0.191. The minimum atomic E-state index is 0.715. The van der Waals surface area contributed by atoms with Gasteiger partial charge >= 0.3 is 0 Å². The second-order valence-corrected chi connectivity index (χ2v) is 5.83. The van der Waals surface area contributed by atoms with Gasteiger partial charge in [0.25, 0.3) is 0 Å². The first-order chi connectivity index (χ1) is 8.83. The van der Waals surface area contributed by atoms with Gasteiger partial charge in [-0.1, -0.05) is 18.2 Å². The van der Waals surface area contributed by atoms with Gasteiger partial charge in [-0.3, -0.25) is 0 Å². The van der Waals surface area contributed by atoms with Crippen LogP contribution in [0.5, 0.6) is 0 Å². The highest BCUT2D eigenvalue weighted by atomic mass is 15.2. The summed E-state index contributed by atoms with van der Waals surface area (Å²) < 4.78 is 0. The molecule has 1 aliphatic heterocycles. The van der Waals surface area contributed by atoms with E-state index in [-0.39, 0.29) is 0 Å². The van der Waals surface area contributed by atoms with Crippen molar-refractivity contribution in [3.05, 3.63) is 34.9 Å². The maximum Gasteiger partial charge on any atom is 0.0221 e. The van der Waals surface area contributed by atoms with Crippen molar-refractivity contribution in [3.63, 3.8) is 0 Å². The SMILES string of the molecule is CN1CCNCC1CCc1ccc2c(c1)CCC2. The van der Waals surface area contributed by atoms with E-state index >= 15 is 0 Å². The average Bonchev–Trinajstić information content (AvgIpc) is 2.85.